The van der Waals surface area contributed by atoms with Crippen LogP contribution in [0.3, 0.4) is 0 Å². The van der Waals surface area contributed by atoms with E-state index in [0.717, 1.165) is 9.80 Å². The fourth-order valence-electron chi connectivity index (χ4n) is 1.32. The van der Waals surface area contributed by atoms with Crippen LogP contribution in [-0.4, -0.2) is 58.8 Å². The molecule has 8 heteroatoms. The maximum atomic E-state index is 12.1. The van der Waals surface area contributed by atoms with E-state index >= 15 is 0 Å². The van der Waals surface area contributed by atoms with Crippen molar-refractivity contribution in [3.63, 3.8) is 0 Å². The molecule has 2 amide bonds. The molecule has 0 aliphatic heterocycles. The number of amides is 2. The van der Waals surface area contributed by atoms with Crippen LogP contribution < -0.4 is 0 Å². The molecule has 0 atom stereocenters. The number of hydrogen-bond donors (Lipinski definition) is 1. The van der Waals surface area contributed by atoms with Crippen molar-refractivity contribution in [3.05, 3.63) is 0 Å². The van der Waals surface area contributed by atoms with Crippen molar-refractivity contribution in [2.75, 3.05) is 20.1 Å². The maximum absolute atomic E-state index is 12.1. The molecule has 0 spiro atoms. The Hall–Kier alpha value is -1.47. The molecule has 0 aromatic carbocycles. The van der Waals surface area contributed by atoms with Crippen LogP contribution in [-0.2, 0) is 4.79 Å². The highest BCUT2D eigenvalue weighted by Gasteiger charge is 2.33. The lowest BCUT2D eigenvalue weighted by Gasteiger charge is -2.37. The molecular formula is C11H19F3N2O3. The SMILES string of the molecule is CN(CCC(F)(F)F)C(=O)N(CC(=O)O)C(C)(C)C. The van der Waals surface area contributed by atoms with E-state index in [9.17, 15) is 22.8 Å². The Morgan fingerprint density at radius 3 is 1.95 bits per heavy atom. The molecule has 0 fully saturated rings. The Balaban J connectivity index is 4.76. The maximum Gasteiger partial charge on any atom is 0.390 e. The molecule has 112 valence electrons. The monoisotopic (exact) mass is 284 g/mol. The van der Waals surface area contributed by atoms with Crippen LogP contribution in [0.1, 0.15) is 27.2 Å². The minimum absolute atomic E-state index is 0.505. The van der Waals surface area contributed by atoms with Gasteiger partial charge in [0, 0.05) is 19.1 Å². The Labute approximate surface area is 110 Å². The van der Waals surface area contributed by atoms with Gasteiger partial charge in [0.2, 0.25) is 0 Å². The third kappa shape index (κ3) is 6.88. The quantitative estimate of drug-likeness (QED) is 0.860. The summed E-state index contributed by atoms with van der Waals surface area (Å²) in [6.07, 6.45) is -5.48. The minimum Gasteiger partial charge on any atom is -0.480 e. The van der Waals surface area contributed by atoms with Gasteiger partial charge >= 0.3 is 18.2 Å². The molecule has 19 heavy (non-hydrogen) atoms. The molecule has 0 aromatic heterocycles. The van der Waals surface area contributed by atoms with Crippen molar-refractivity contribution < 1.29 is 27.9 Å². The van der Waals surface area contributed by atoms with Gasteiger partial charge in [-0.15, -0.1) is 0 Å². The number of alkyl halides is 3. The van der Waals surface area contributed by atoms with Crippen molar-refractivity contribution in [1.29, 1.82) is 0 Å². The summed E-state index contributed by atoms with van der Waals surface area (Å²) in [6, 6.07) is -0.737. The predicted molar refractivity (Wildman–Crippen MR) is 62.8 cm³/mol. The van der Waals surface area contributed by atoms with Gasteiger partial charge < -0.3 is 14.9 Å². The first-order chi connectivity index (χ1) is 8.34. The summed E-state index contributed by atoms with van der Waals surface area (Å²) in [5.41, 5.74) is -0.790. The highest BCUT2D eigenvalue weighted by atomic mass is 19.4. The Bertz CT molecular complexity index is 337. The molecule has 0 saturated heterocycles. The molecule has 0 unspecified atom stereocenters. The lowest BCUT2D eigenvalue weighted by Crippen LogP contribution is -2.53. The molecule has 0 rings (SSSR count). The minimum atomic E-state index is -4.35. The van der Waals surface area contributed by atoms with E-state index in [0.29, 0.717) is 0 Å². The van der Waals surface area contributed by atoms with Crippen molar-refractivity contribution in [1.82, 2.24) is 9.80 Å². The topological polar surface area (TPSA) is 60.9 Å². The molecular weight excluding hydrogens is 265 g/mol. The zero-order valence-corrected chi connectivity index (χ0v) is 11.4. The first kappa shape index (κ1) is 17.5. The third-order valence-electron chi connectivity index (χ3n) is 2.39. The number of carboxylic acids is 1. The second-order valence-electron chi connectivity index (χ2n) is 5.22. The number of carbonyl (C=O) groups is 2. The number of halogens is 3. The van der Waals surface area contributed by atoms with Gasteiger partial charge in [-0.2, -0.15) is 13.2 Å². The lowest BCUT2D eigenvalue weighted by molar-refractivity contribution is -0.140. The lowest BCUT2D eigenvalue weighted by atomic mass is 10.1. The van der Waals surface area contributed by atoms with Gasteiger partial charge in [0.1, 0.15) is 6.54 Å². The van der Waals surface area contributed by atoms with Gasteiger partial charge in [-0.1, -0.05) is 0 Å². The number of nitrogens with zero attached hydrogens (tertiary/aromatic N) is 2. The van der Waals surface area contributed by atoms with Gasteiger partial charge in [-0.05, 0) is 20.8 Å². The zero-order valence-electron chi connectivity index (χ0n) is 11.4. The first-order valence-electron chi connectivity index (χ1n) is 5.66. The highest BCUT2D eigenvalue weighted by Crippen LogP contribution is 2.21. The van der Waals surface area contributed by atoms with E-state index in [1.807, 2.05) is 0 Å². The third-order valence-corrected chi connectivity index (χ3v) is 2.39. The van der Waals surface area contributed by atoms with E-state index in [-0.39, 0.29) is 0 Å². The molecule has 0 heterocycles. The number of urea groups is 1. The van der Waals surface area contributed by atoms with Gasteiger partial charge in [0.05, 0.1) is 6.42 Å². The molecule has 0 radical (unpaired) electrons. The first-order valence-corrected chi connectivity index (χ1v) is 5.66. The number of aliphatic carboxylic acids is 1. The number of carbonyl (C=O) groups excluding carboxylic acids is 1. The van der Waals surface area contributed by atoms with E-state index in [4.69, 9.17) is 5.11 Å². The van der Waals surface area contributed by atoms with Crippen molar-refractivity contribution in [2.24, 2.45) is 0 Å². The molecule has 0 aliphatic carbocycles. The van der Waals surface area contributed by atoms with Crippen LogP contribution in [0.4, 0.5) is 18.0 Å². The van der Waals surface area contributed by atoms with Crippen molar-refractivity contribution >= 4 is 12.0 Å². The van der Waals surface area contributed by atoms with E-state index < -0.39 is 43.2 Å². The molecule has 0 aromatic rings. The normalized spacial score (nSPS) is 12.2. The molecule has 0 aliphatic rings. The summed E-state index contributed by atoms with van der Waals surface area (Å²) in [5.74, 6) is -1.22. The molecule has 1 N–H and O–H groups in total. The van der Waals surface area contributed by atoms with E-state index in [1.165, 1.54) is 7.05 Å². The summed E-state index contributed by atoms with van der Waals surface area (Å²) in [4.78, 5) is 24.6. The summed E-state index contributed by atoms with van der Waals surface area (Å²) in [6.45, 7) is 3.79. The fraction of sp³-hybridized carbons (Fsp3) is 0.818. The summed E-state index contributed by atoms with van der Waals surface area (Å²) in [5, 5.41) is 8.74. The summed E-state index contributed by atoms with van der Waals surface area (Å²) in [7, 11) is 1.22. The number of carboxylic acid groups (broad SMARTS) is 1. The van der Waals surface area contributed by atoms with Crippen LogP contribution in [0.15, 0.2) is 0 Å². The van der Waals surface area contributed by atoms with Crippen LogP contribution in [0.5, 0.6) is 0 Å². The summed E-state index contributed by atoms with van der Waals surface area (Å²) >= 11 is 0. The highest BCUT2D eigenvalue weighted by molar-refractivity contribution is 5.80. The summed E-state index contributed by atoms with van der Waals surface area (Å²) < 4.78 is 36.2. The van der Waals surface area contributed by atoms with Crippen molar-refractivity contribution in [3.8, 4) is 0 Å². The van der Waals surface area contributed by atoms with E-state index in [2.05, 4.69) is 0 Å². The fourth-order valence-corrected chi connectivity index (χ4v) is 1.32. The predicted octanol–water partition coefficient (Wildman–Crippen LogP) is 2.18. The van der Waals surface area contributed by atoms with Gasteiger partial charge in [-0.25, -0.2) is 4.79 Å². The Morgan fingerprint density at radius 2 is 1.63 bits per heavy atom. The van der Waals surface area contributed by atoms with Crippen LogP contribution in [0.2, 0.25) is 0 Å². The van der Waals surface area contributed by atoms with Crippen LogP contribution in [0, 0.1) is 0 Å². The Kier molecular flexibility index (Phi) is 5.64. The Morgan fingerprint density at radius 1 is 1.16 bits per heavy atom. The second-order valence-corrected chi connectivity index (χ2v) is 5.22. The van der Waals surface area contributed by atoms with Gasteiger partial charge in [0.15, 0.2) is 0 Å². The number of hydrogen-bond acceptors (Lipinski definition) is 2. The zero-order chi connectivity index (χ0) is 15.4. The van der Waals surface area contributed by atoms with Gasteiger partial charge in [-0.3, -0.25) is 4.79 Å². The molecule has 0 saturated carbocycles. The van der Waals surface area contributed by atoms with E-state index in [1.54, 1.807) is 20.8 Å². The average Bonchev–Trinajstić information content (AvgIpc) is 2.18. The van der Waals surface area contributed by atoms with Gasteiger partial charge in [0.25, 0.3) is 0 Å². The molecule has 0 bridgehead atoms. The van der Waals surface area contributed by atoms with Crippen LogP contribution >= 0.6 is 0 Å². The largest absolute Gasteiger partial charge is 0.480 e. The van der Waals surface area contributed by atoms with Crippen molar-refractivity contribution in [2.45, 2.75) is 38.9 Å². The smallest absolute Gasteiger partial charge is 0.390 e. The molecule has 5 nitrogen and oxygen atoms in total. The number of rotatable bonds is 4. The van der Waals surface area contributed by atoms with Crippen LogP contribution in [0.25, 0.3) is 0 Å². The second kappa shape index (κ2) is 6.12. The standard InChI is InChI=1S/C11H19F3N2O3/c1-10(2,3)16(7-8(17)18)9(19)15(4)6-5-11(12,13)14/h5-7H2,1-4H3,(H,17,18). The average molecular weight is 284 g/mol.